The van der Waals surface area contributed by atoms with Crippen LogP contribution < -0.4 is 10.6 Å². The smallest absolute Gasteiger partial charge is 0.221 e. The molecule has 0 aromatic carbocycles. The Labute approximate surface area is 115 Å². The summed E-state index contributed by atoms with van der Waals surface area (Å²) in [6, 6.07) is 2.53. The molecular formula is C12H19BrN2OS. The lowest BCUT2D eigenvalue weighted by molar-refractivity contribution is -0.121. The highest BCUT2D eigenvalue weighted by atomic mass is 79.9. The van der Waals surface area contributed by atoms with Crippen LogP contribution in [0.15, 0.2) is 15.9 Å². The molecule has 0 saturated heterocycles. The van der Waals surface area contributed by atoms with Crippen LogP contribution in [0, 0.1) is 0 Å². The van der Waals surface area contributed by atoms with Gasteiger partial charge in [0.2, 0.25) is 5.91 Å². The van der Waals surface area contributed by atoms with E-state index in [9.17, 15) is 4.79 Å². The number of hydrogen-bond acceptors (Lipinski definition) is 3. The molecule has 5 heteroatoms. The second-order valence-electron chi connectivity index (χ2n) is 4.28. The summed E-state index contributed by atoms with van der Waals surface area (Å²) < 4.78 is 1.13. The number of nitrogens with one attached hydrogen (secondary N) is 2. The van der Waals surface area contributed by atoms with Crippen molar-refractivity contribution in [2.24, 2.45) is 0 Å². The van der Waals surface area contributed by atoms with E-state index in [4.69, 9.17) is 0 Å². The van der Waals surface area contributed by atoms with Gasteiger partial charge in [0.15, 0.2) is 0 Å². The van der Waals surface area contributed by atoms with Crippen LogP contribution in [0.4, 0.5) is 0 Å². The number of thiophene rings is 1. The predicted octanol–water partition coefficient (Wildman–Crippen LogP) is 3.08. The van der Waals surface area contributed by atoms with Gasteiger partial charge in [-0.05, 0) is 48.1 Å². The molecule has 2 N–H and O–H groups in total. The summed E-state index contributed by atoms with van der Waals surface area (Å²) in [6.45, 7) is 6.74. The van der Waals surface area contributed by atoms with Crippen molar-refractivity contribution in [3.8, 4) is 0 Å². The number of amides is 1. The molecule has 0 aliphatic carbocycles. The molecule has 0 spiro atoms. The van der Waals surface area contributed by atoms with Gasteiger partial charge < -0.3 is 10.6 Å². The molecule has 1 aromatic heterocycles. The maximum Gasteiger partial charge on any atom is 0.221 e. The first-order valence-corrected chi connectivity index (χ1v) is 7.43. The predicted molar refractivity (Wildman–Crippen MR) is 76.3 cm³/mol. The molecule has 3 nitrogen and oxygen atoms in total. The molecule has 1 heterocycles. The summed E-state index contributed by atoms with van der Waals surface area (Å²) in [4.78, 5) is 12.7. The fourth-order valence-electron chi connectivity index (χ4n) is 1.50. The largest absolute Gasteiger partial charge is 0.354 e. The van der Waals surface area contributed by atoms with Gasteiger partial charge in [0.1, 0.15) is 0 Å². The van der Waals surface area contributed by atoms with Crippen LogP contribution >= 0.6 is 27.3 Å². The Morgan fingerprint density at radius 1 is 1.47 bits per heavy atom. The van der Waals surface area contributed by atoms with Crippen molar-refractivity contribution in [3.63, 3.8) is 0 Å². The van der Waals surface area contributed by atoms with Gasteiger partial charge in [-0.3, -0.25) is 4.79 Å². The maximum atomic E-state index is 11.4. The topological polar surface area (TPSA) is 41.1 Å². The van der Waals surface area contributed by atoms with E-state index in [1.54, 1.807) is 11.3 Å². The lowest BCUT2D eigenvalue weighted by Gasteiger charge is -2.13. The fraction of sp³-hybridized carbons (Fsp3) is 0.583. The third-order valence-electron chi connectivity index (χ3n) is 2.29. The number of carbonyl (C=O) groups excluding carboxylic acids is 1. The van der Waals surface area contributed by atoms with Gasteiger partial charge in [0.05, 0.1) is 0 Å². The molecule has 1 rings (SSSR count). The zero-order valence-corrected chi connectivity index (χ0v) is 12.8. The SMILES string of the molecule is CC(C)NC(=O)CCNC(C)c1sccc1Br. The van der Waals surface area contributed by atoms with Crippen LogP contribution in [-0.2, 0) is 4.79 Å². The van der Waals surface area contributed by atoms with E-state index in [1.165, 1.54) is 4.88 Å². The number of rotatable bonds is 6. The van der Waals surface area contributed by atoms with Gasteiger partial charge in [-0.2, -0.15) is 0 Å². The van der Waals surface area contributed by atoms with Gasteiger partial charge in [0.25, 0.3) is 0 Å². The van der Waals surface area contributed by atoms with Crippen LogP contribution in [-0.4, -0.2) is 18.5 Å². The first-order chi connectivity index (χ1) is 8.00. The summed E-state index contributed by atoms with van der Waals surface area (Å²) in [5.74, 6) is 0.102. The molecule has 0 radical (unpaired) electrons. The summed E-state index contributed by atoms with van der Waals surface area (Å²) >= 11 is 5.23. The third-order valence-corrected chi connectivity index (χ3v) is 4.34. The highest BCUT2D eigenvalue weighted by molar-refractivity contribution is 9.10. The van der Waals surface area contributed by atoms with E-state index >= 15 is 0 Å². The Bertz CT molecular complexity index is 365. The van der Waals surface area contributed by atoms with Crippen LogP contribution in [0.1, 0.15) is 38.1 Å². The number of hydrogen-bond donors (Lipinski definition) is 2. The second kappa shape index (κ2) is 7.13. The van der Waals surface area contributed by atoms with Crippen LogP contribution in [0.5, 0.6) is 0 Å². The molecule has 1 atom stereocenters. The Morgan fingerprint density at radius 2 is 2.18 bits per heavy atom. The Hall–Kier alpha value is -0.390. The molecule has 1 aromatic rings. The molecule has 1 amide bonds. The number of halogens is 1. The van der Waals surface area contributed by atoms with E-state index in [2.05, 4.69) is 38.9 Å². The van der Waals surface area contributed by atoms with Crippen LogP contribution in [0.2, 0.25) is 0 Å². The zero-order chi connectivity index (χ0) is 12.8. The van der Waals surface area contributed by atoms with Crippen molar-refractivity contribution < 1.29 is 4.79 Å². The molecule has 0 fully saturated rings. The molecule has 0 bridgehead atoms. The molecule has 0 saturated carbocycles. The van der Waals surface area contributed by atoms with Gasteiger partial charge in [-0.1, -0.05) is 0 Å². The monoisotopic (exact) mass is 318 g/mol. The van der Waals surface area contributed by atoms with Gasteiger partial charge in [0, 0.05) is 34.4 Å². The first-order valence-electron chi connectivity index (χ1n) is 5.76. The van der Waals surface area contributed by atoms with Crippen molar-refractivity contribution in [2.45, 2.75) is 39.3 Å². The molecule has 96 valence electrons. The molecule has 1 unspecified atom stereocenters. The minimum atomic E-state index is 0.102. The highest BCUT2D eigenvalue weighted by Crippen LogP contribution is 2.28. The normalized spacial score (nSPS) is 12.8. The van der Waals surface area contributed by atoms with Gasteiger partial charge in [-0.15, -0.1) is 11.3 Å². The summed E-state index contributed by atoms with van der Waals surface area (Å²) in [7, 11) is 0. The average Bonchev–Trinajstić information content (AvgIpc) is 2.63. The molecule has 0 aliphatic heterocycles. The third kappa shape index (κ3) is 5.19. The van der Waals surface area contributed by atoms with Crippen molar-refractivity contribution >= 4 is 33.2 Å². The molecule has 17 heavy (non-hydrogen) atoms. The van der Waals surface area contributed by atoms with E-state index in [0.29, 0.717) is 13.0 Å². The summed E-state index contributed by atoms with van der Waals surface area (Å²) in [6.07, 6.45) is 0.519. The molecular weight excluding hydrogens is 300 g/mol. The van der Waals surface area contributed by atoms with Gasteiger partial charge >= 0.3 is 0 Å². The van der Waals surface area contributed by atoms with E-state index in [0.717, 1.165) is 4.47 Å². The maximum absolute atomic E-state index is 11.4. The van der Waals surface area contributed by atoms with E-state index in [-0.39, 0.29) is 18.0 Å². The van der Waals surface area contributed by atoms with E-state index < -0.39 is 0 Å². The first kappa shape index (κ1) is 14.7. The fourth-order valence-corrected chi connectivity index (χ4v) is 3.25. The standard InChI is InChI=1S/C12H19BrN2OS/c1-8(2)15-11(16)4-6-14-9(3)12-10(13)5-7-17-12/h5,7-9,14H,4,6H2,1-3H3,(H,15,16). The van der Waals surface area contributed by atoms with E-state index in [1.807, 2.05) is 19.9 Å². The minimum absolute atomic E-state index is 0.102. The van der Waals surface area contributed by atoms with Crippen molar-refractivity contribution in [1.29, 1.82) is 0 Å². The Morgan fingerprint density at radius 3 is 2.71 bits per heavy atom. The average molecular weight is 319 g/mol. The summed E-state index contributed by atoms with van der Waals surface area (Å²) in [5, 5.41) is 8.29. The Balaban J connectivity index is 2.27. The van der Waals surface area contributed by atoms with Crippen molar-refractivity contribution in [3.05, 3.63) is 20.8 Å². The minimum Gasteiger partial charge on any atom is -0.354 e. The van der Waals surface area contributed by atoms with Crippen molar-refractivity contribution in [2.75, 3.05) is 6.54 Å². The number of carbonyl (C=O) groups is 1. The quantitative estimate of drug-likeness (QED) is 0.846. The second-order valence-corrected chi connectivity index (χ2v) is 6.08. The lowest BCUT2D eigenvalue weighted by Crippen LogP contribution is -2.33. The van der Waals surface area contributed by atoms with Gasteiger partial charge in [-0.25, -0.2) is 0 Å². The Kier molecular flexibility index (Phi) is 6.16. The van der Waals surface area contributed by atoms with Crippen molar-refractivity contribution in [1.82, 2.24) is 10.6 Å². The zero-order valence-electron chi connectivity index (χ0n) is 10.4. The lowest BCUT2D eigenvalue weighted by atomic mass is 10.2. The highest BCUT2D eigenvalue weighted by Gasteiger charge is 2.10. The van der Waals surface area contributed by atoms with Crippen LogP contribution in [0.25, 0.3) is 0 Å². The summed E-state index contributed by atoms with van der Waals surface area (Å²) in [5.41, 5.74) is 0. The van der Waals surface area contributed by atoms with Crippen LogP contribution in [0.3, 0.4) is 0 Å². The molecule has 0 aliphatic rings.